The van der Waals surface area contributed by atoms with Gasteiger partial charge in [0, 0.05) is 7.05 Å². The molecule has 21 heavy (non-hydrogen) atoms. The Kier molecular flexibility index (Phi) is 8.84. The van der Waals surface area contributed by atoms with Crippen LogP contribution >= 0.6 is 15.2 Å². The Bertz CT molecular complexity index is 398. The zero-order valence-electron chi connectivity index (χ0n) is 11.8. The number of hydrogen-bond acceptors (Lipinski definition) is 5. The molecular weight excluding hydrogens is 324 g/mol. The first-order valence-electron chi connectivity index (χ1n) is 6.25. The maximum atomic E-state index is 11.8. The maximum Gasteiger partial charge on any atom is 0.339 e. The van der Waals surface area contributed by atoms with Crippen LogP contribution in [0, 0.1) is 0 Å². The van der Waals surface area contributed by atoms with Gasteiger partial charge in [0.2, 0.25) is 5.91 Å². The van der Waals surface area contributed by atoms with Gasteiger partial charge in [-0.3, -0.25) is 18.8 Å². The van der Waals surface area contributed by atoms with Gasteiger partial charge in [0.15, 0.2) is 0 Å². The molecular formula is C9H23N3O7P2. The molecule has 12 heteroatoms. The van der Waals surface area contributed by atoms with E-state index in [1.807, 2.05) is 0 Å². The van der Waals surface area contributed by atoms with E-state index in [0.717, 1.165) is 4.90 Å². The normalized spacial score (nSPS) is 14.2. The van der Waals surface area contributed by atoms with Crippen molar-refractivity contribution in [1.29, 1.82) is 0 Å². The van der Waals surface area contributed by atoms with Crippen LogP contribution in [0.5, 0.6) is 0 Å². The van der Waals surface area contributed by atoms with Crippen molar-refractivity contribution in [2.24, 2.45) is 5.73 Å². The molecule has 0 saturated carbocycles. The van der Waals surface area contributed by atoms with Crippen molar-refractivity contribution in [3.63, 3.8) is 0 Å². The molecule has 0 spiro atoms. The van der Waals surface area contributed by atoms with Crippen molar-refractivity contribution in [2.45, 2.75) is 25.3 Å². The molecule has 0 aliphatic rings. The molecule has 0 bridgehead atoms. The summed E-state index contributed by atoms with van der Waals surface area (Å²) < 4.78 is 22.2. The van der Waals surface area contributed by atoms with Crippen LogP contribution < -0.4 is 11.1 Å². The van der Waals surface area contributed by atoms with Crippen molar-refractivity contribution in [2.75, 3.05) is 26.2 Å². The average molecular weight is 347 g/mol. The van der Waals surface area contributed by atoms with Crippen LogP contribution in [0.1, 0.15) is 19.3 Å². The number of likely N-dealkylation sites (N-methyl/N-ethyl adjacent to an activating group) is 1. The number of nitrogens with two attached hydrogens (primary N) is 1. The van der Waals surface area contributed by atoms with Crippen LogP contribution in [0.25, 0.3) is 0 Å². The smallest absolute Gasteiger partial charge is 0.339 e. The predicted octanol–water partition coefficient (Wildman–Crippen LogP) is -1.20. The summed E-state index contributed by atoms with van der Waals surface area (Å²) in [5, 5.41) is 2.33. The highest BCUT2D eigenvalue weighted by molar-refractivity contribution is 7.52. The summed E-state index contributed by atoms with van der Waals surface area (Å²) in [6.07, 6.45) is -0.533. The zero-order chi connectivity index (χ0) is 16.7. The molecule has 0 saturated heterocycles. The van der Waals surface area contributed by atoms with Crippen LogP contribution in [0.4, 0.5) is 0 Å². The van der Waals surface area contributed by atoms with Crippen LogP contribution in [0.3, 0.4) is 0 Å². The SMILES string of the molecule is CNC(=O)[C@H](CCCCN)N(CP(=O)(O)O)CP(=O)(O)O. The standard InChI is InChI=1S/C9H23N3O7P2/c1-11-9(13)8(4-2-3-5-10)12(6-20(14,15)16)7-21(17,18)19/h8H,2-7,10H2,1H3,(H,11,13)(H2,14,15,16)(H2,17,18,19)/t8-/m0/s1. The van der Waals surface area contributed by atoms with E-state index < -0.39 is 39.7 Å². The third kappa shape index (κ3) is 10.1. The fraction of sp³-hybridized carbons (Fsp3) is 0.889. The lowest BCUT2D eigenvalue weighted by Crippen LogP contribution is -2.46. The van der Waals surface area contributed by atoms with Crippen LogP contribution in [0.15, 0.2) is 0 Å². The van der Waals surface area contributed by atoms with Gasteiger partial charge < -0.3 is 30.6 Å². The molecule has 0 aliphatic carbocycles. The van der Waals surface area contributed by atoms with Gasteiger partial charge in [-0.05, 0) is 19.4 Å². The molecule has 0 aromatic rings. The number of carbonyl (C=O) groups is 1. The summed E-state index contributed by atoms with van der Waals surface area (Å²) in [6, 6.07) is -1.04. The van der Waals surface area contributed by atoms with E-state index in [2.05, 4.69) is 5.32 Å². The Morgan fingerprint density at radius 2 is 1.62 bits per heavy atom. The molecule has 0 fully saturated rings. The number of hydrogen-bond donors (Lipinski definition) is 6. The van der Waals surface area contributed by atoms with Gasteiger partial charge in [-0.1, -0.05) is 6.42 Å². The number of nitrogens with zero attached hydrogens (tertiary/aromatic N) is 1. The molecule has 0 aromatic heterocycles. The number of rotatable bonds is 10. The monoisotopic (exact) mass is 347 g/mol. The quantitative estimate of drug-likeness (QED) is 0.209. The lowest BCUT2D eigenvalue weighted by molar-refractivity contribution is -0.125. The highest BCUT2D eigenvalue weighted by atomic mass is 31.2. The summed E-state index contributed by atoms with van der Waals surface area (Å²) >= 11 is 0. The van der Waals surface area contributed by atoms with Crippen molar-refractivity contribution in [3.8, 4) is 0 Å². The van der Waals surface area contributed by atoms with E-state index in [9.17, 15) is 13.9 Å². The van der Waals surface area contributed by atoms with Crippen molar-refractivity contribution in [3.05, 3.63) is 0 Å². The van der Waals surface area contributed by atoms with Crippen LogP contribution in [0.2, 0.25) is 0 Å². The molecule has 0 unspecified atom stereocenters. The topological polar surface area (TPSA) is 173 Å². The molecule has 0 aromatic carbocycles. The second-order valence-electron chi connectivity index (χ2n) is 4.62. The van der Waals surface area contributed by atoms with Crippen LogP contribution in [-0.4, -0.2) is 62.6 Å². The van der Waals surface area contributed by atoms with E-state index in [-0.39, 0.29) is 6.42 Å². The second kappa shape index (κ2) is 8.97. The molecule has 10 nitrogen and oxygen atoms in total. The summed E-state index contributed by atoms with van der Waals surface area (Å²) in [5.41, 5.74) is 5.34. The Morgan fingerprint density at radius 1 is 1.14 bits per heavy atom. The predicted molar refractivity (Wildman–Crippen MR) is 76.4 cm³/mol. The third-order valence-electron chi connectivity index (χ3n) is 2.65. The second-order valence-corrected chi connectivity index (χ2v) is 7.84. The lowest BCUT2D eigenvalue weighted by Gasteiger charge is -2.30. The fourth-order valence-electron chi connectivity index (χ4n) is 1.84. The Morgan fingerprint density at radius 3 is 1.95 bits per heavy atom. The largest absolute Gasteiger partial charge is 0.358 e. The summed E-state index contributed by atoms with van der Waals surface area (Å²) in [6.45, 7) is 0.386. The third-order valence-corrected chi connectivity index (χ3v) is 4.12. The molecule has 126 valence electrons. The summed E-state index contributed by atoms with van der Waals surface area (Å²) in [5.74, 6) is -0.561. The average Bonchev–Trinajstić information content (AvgIpc) is 2.29. The Hall–Kier alpha value is -0.310. The highest BCUT2D eigenvalue weighted by Crippen LogP contribution is 2.42. The van der Waals surface area contributed by atoms with Gasteiger partial charge in [0.05, 0.1) is 6.04 Å². The van der Waals surface area contributed by atoms with Crippen molar-refractivity contribution >= 4 is 21.1 Å². The molecule has 0 radical (unpaired) electrons. The number of nitrogens with one attached hydrogen (secondary N) is 1. The first-order chi connectivity index (χ1) is 9.50. The van der Waals surface area contributed by atoms with E-state index in [1.54, 1.807) is 0 Å². The minimum atomic E-state index is -4.57. The number of unbranched alkanes of at least 4 members (excludes halogenated alkanes) is 1. The summed E-state index contributed by atoms with van der Waals surface area (Å²) in [4.78, 5) is 48.8. The molecule has 0 heterocycles. The van der Waals surface area contributed by atoms with E-state index in [0.29, 0.717) is 19.4 Å². The van der Waals surface area contributed by atoms with E-state index in [1.165, 1.54) is 7.05 Å². The number of amides is 1. The van der Waals surface area contributed by atoms with Crippen LogP contribution in [-0.2, 0) is 13.9 Å². The van der Waals surface area contributed by atoms with Gasteiger partial charge in [0.1, 0.15) is 12.6 Å². The minimum Gasteiger partial charge on any atom is -0.358 e. The molecule has 7 N–H and O–H groups in total. The molecule has 1 amide bonds. The molecule has 1 atom stereocenters. The first kappa shape index (κ1) is 20.7. The fourth-order valence-corrected chi connectivity index (χ4v) is 3.54. The van der Waals surface area contributed by atoms with Gasteiger partial charge in [0.25, 0.3) is 0 Å². The van der Waals surface area contributed by atoms with E-state index >= 15 is 0 Å². The van der Waals surface area contributed by atoms with Gasteiger partial charge >= 0.3 is 15.2 Å². The van der Waals surface area contributed by atoms with Gasteiger partial charge in [-0.2, -0.15) is 0 Å². The lowest BCUT2D eigenvalue weighted by atomic mass is 10.1. The molecule has 0 aliphatic heterocycles. The Balaban J connectivity index is 5.18. The molecule has 0 rings (SSSR count). The number of carbonyl (C=O) groups excluding carboxylic acids is 1. The van der Waals surface area contributed by atoms with Crippen molar-refractivity contribution in [1.82, 2.24) is 10.2 Å². The van der Waals surface area contributed by atoms with Gasteiger partial charge in [-0.15, -0.1) is 0 Å². The summed E-state index contributed by atoms with van der Waals surface area (Å²) in [7, 11) is -7.81. The first-order valence-corrected chi connectivity index (χ1v) is 9.84. The van der Waals surface area contributed by atoms with E-state index in [4.69, 9.17) is 25.3 Å². The zero-order valence-corrected chi connectivity index (χ0v) is 13.5. The van der Waals surface area contributed by atoms with Gasteiger partial charge in [-0.25, -0.2) is 0 Å². The van der Waals surface area contributed by atoms with Crippen molar-refractivity contribution < 1.29 is 33.5 Å². The maximum absolute atomic E-state index is 11.8. The Labute approximate surface area is 123 Å². The highest BCUT2D eigenvalue weighted by Gasteiger charge is 2.34. The minimum absolute atomic E-state index is 0.191.